The van der Waals surface area contributed by atoms with E-state index in [1.54, 1.807) is 6.92 Å². The van der Waals surface area contributed by atoms with Crippen LogP contribution in [0.2, 0.25) is 0 Å². The van der Waals surface area contributed by atoms with Crippen LogP contribution in [0, 0.1) is 17.0 Å². The summed E-state index contributed by atoms with van der Waals surface area (Å²) in [5.41, 5.74) is 0.0443. The third-order valence-electron chi connectivity index (χ3n) is 2.29. The summed E-state index contributed by atoms with van der Waals surface area (Å²) in [6.07, 6.45) is 1.25. The first kappa shape index (κ1) is 12.2. The number of nitrogens with zero attached hydrogens (tertiary/aromatic N) is 3. The minimum Gasteiger partial charge on any atom is -0.258 e. The first-order valence-electron chi connectivity index (χ1n) is 4.94. The molecule has 0 bridgehead atoms. The Hall–Kier alpha value is -2.22. The third-order valence-corrected chi connectivity index (χ3v) is 3.88. The lowest BCUT2D eigenvalue weighted by Crippen LogP contribution is -2.15. The number of rotatable bonds is 3. The molecule has 8 heteroatoms. The van der Waals surface area contributed by atoms with E-state index in [1.165, 1.54) is 30.5 Å². The van der Waals surface area contributed by atoms with Gasteiger partial charge in [-0.2, -0.15) is 17.6 Å². The first-order chi connectivity index (χ1) is 8.43. The molecular formula is C10H9N3O4S. The molecule has 0 aliphatic carbocycles. The van der Waals surface area contributed by atoms with Gasteiger partial charge in [0.25, 0.3) is 15.7 Å². The topological polar surface area (TPSA) is 95.1 Å². The number of hydrogen-bond donors (Lipinski definition) is 0. The molecule has 0 unspecified atom stereocenters. The highest BCUT2D eigenvalue weighted by atomic mass is 32.2. The Balaban J connectivity index is 2.65. The number of para-hydroxylation sites is 1. The molecule has 1 aromatic heterocycles. The first-order valence-corrected chi connectivity index (χ1v) is 6.38. The summed E-state index contributed by atoms with van der Waals surface area (Å²) in [6.45, 7) is 1.63. The smallest absolute Gasteiger partial charge is 0.258 e. The van der Waals surface area contributed by atoms with Crippen molar-refractivity contribution < 1.29 is 13.3 Å². The second-order valence-electron chi connectivity index (χ2n) is 3.56. The van der Waals surface area contributed by atoms with Gasteiger partial charge in [-0.1, -0.05) is 12.1 Å². The summed E-state index contributed by atoms with van der Waals surface area (Å²) in [7, 11) is -4.03. The molecule has 2 aromatic rings. The highest BCUT2D eigenvalue weighted by molar-refractivity contribution is 7.90. The summed E-state index contributed by atoms with van der Waals surface area (Å²) in [6, 6.07) is 6.67. The van der Waals surface area contributed by atoms with Gasteiger partial charge in [-0.15, -0.1) is 0 Å². The molecule has 0 saturated carbocycles. The largest absolute Gasteiger partial charge is 0.289 e. The summed E-state index contributed by atoms with van der Waals surface area (Å²) in [4.78, 5) is 9.71. The molecule has 1 heterocycles. The Morgan fingerprint density at radius 2 is 1.94 bits per heavy atom. The van der Waals surface area contributed by atoms with Crippen LogP contribution in [0.25, 0.3) is 0 Å². The minimum absolute atomic E-state index is 0.377. The lowest BCUT2D eigenvalue weighted by atomic mass is 10.3. The quantitative estimate of drug-likeness (QED) is 0.617. The van der Waals surface area contributed by atoms with Gasteiger partial charge in [0.05, 0.1) is 10.6 Å². The van der Waals surface area contributed by atoms with Crippen molar-refractivity contribution in [1.82, 2.24) is 9.19 Å². The van der Waals surface area contributed by atoms with Crippen LogP contribution in [0.3, 0.4) is 0 Å². The molecule has 7 nitrogen and oxygen atoms in total. The molecule has 18 heavy (non-hydrogen) atoms. The number of nitro benzene ring substituents is 1. The molecule has 2 rings (SSSR count). The van der Waals surface area contributed by atoms with E-state index < -0.39 is 20.6 Å². The van der Waals surface area contributed by atoms with Crippen molar-refractivity contribution in [3.8, 4) is 0 Å². The van der Waals surface area contributed by atoms with Crippen LogP contribution in [0.15, 0.2) is 41.4 Å². The van der Waals surface area contributed by atoms with Crippen LogP contribution in [0.4, 0.5) is 5.69 Å². The molecule has 0 aliphatic heterocycles. The number of aromatic nitrogens is 2. The van der Waals surface area contributed by atoms with Crippen molar-refractivity contribution in [2.75, 3.05) is 0 Å². The zero-order valence-corrected chi connectivity index (χ0v) is 10.2. The SMILES string of the molecule is Cc1ccn(S(=O)(=O)c2ccccc2[N+](=O)[O-])n1. The Bertz CT molecular complexity index is 705. The van der Waals surface area contributed by atoms with Crippen LogP contribution in [0.5, 0.6) is 0 Å². The predicted octanol–water partition coefficient (Wildman–Crippen LogP) is 1.34. The van der Waals surface area contributed by atoms with Crippen molar-refractivity contribution in [3.63, 3.8) is 0 Å². The molecular weight excluding hydrogens is 258 g/mol. The Kier molecular flexibility index (Phi) is 2.87. The van der Waals surface area contributed by atoms with Crippen molar-refractivity contribution >= 4 is 15.7 Å². The van der Waals surface area contributed by atoms with Gasteiger partial charge < -0.3 is 0 Å². The van der Waals surface area contributed by atoms with E-state index in [4.69, 9.17) is 0 Å². The summed E-state index contributed by atoms with van der Waals surface area (Å²) >= 11 is 0. The molecule has 0 saturated heterocycles. The molecule has 0 radical (unpaired) electrons. The zero-order valence-electron chi connectivity index (χ0n) is 9.35. The van der Waals surface area contributed by atoms with E-state index in [-0.39, 0.29) is 4.90 Å². The lowest BCUT2D eigenvalue weighted by Gasteiger charge is -2.04. The third kappa shape index (κ3) is 1.97. The van der Waals surface area contributed by atoms with Crippen LogP contribution < -0.4 is 0 Å². The van der Waals surface area contributed by atoms with E-state index in [2.05, 4.69) is 5.10 Å². The lowest BCUT2D eigenvalue weighted by molar-refractivity contribution is -0.387. The zero-order chi connectivity index (χ0) is 13.3. The number of aryl methyl sites for hydroxylation is 1. The van der Waals surface area contributed by atoms with Crippen LogP contribution >= 0.6 is 0 Å². The molecule has 0 spiro atoms. The van der Waals surface area contributed by atoms with Crippen molar-refractivity contribution in [1.29, 1.82) is 0 Å². The normalized spacial score (nSPS) is 11.4. The maximum atomic E-state index is 12.2. The van der Waals surface area contributed by atoms with Crippen LogP contribution in [-0.4, -0.2) is 22.5 Å². The average Bonchev–Trinajstić information content (AvgIpc) is 2.76. The molecule has 0 atom stereocenters. The Labute approximate surface area is 103 Å². The second kappa shape index (κ2) is 4.22. The van der Waals surface area contributed by atoms with E-state index in [9.17, 15) is 18.5 Å². The molecule has 1 aromatic carbocycles. The Morgan fingerprint density at radius 1 is 1.28 bits per heavy atom. The van der Waals surface area contributed by atoms with Crippen molar-refractivity contribution in [2.24, 2.45) is 0 Å². The van der Waals surface area contributed by atoms with E-state index >= 15 is 0 Å². The fraction of sp³-hybridized carbons (Fsp3) is 0.100. The van der Waals surface area contributed by atoms with Gasteiger partial charge in [0.15, 0.2) is 4.90 Å². The second-order valence-corrected chi connectivity index (χ2v) is 5.32. The van der Waals surface area contributed by atoms with Gasteiger partial charge in [0.1, 0.15) is 0 Å². The van der Waals surface area contributed by atoms with Gasteiger partial charge in [-0.05, 0) is 19.1 Å². The predicted molar refractivity (Wildman–Crippen MR) is 62.6 cm³/mol. The van der Waals surface area contributed by atoms with Gasteiger partial charge in [0.2, 0.25) is 0 Å². The number of benzene rings is 1. The molecule has 0 aliphatic rings. The number of nitro groups is 1. The van der Waals surface area contributed by atoms with E-state index in [0.29, 0.717) is 5.69 Å². The summed E-state index contributed by atoms with van der Waals surface area (Å²) < 4.78 is 25.1. The average molecular weight is 267 g/mol. The number of hydrogen-bond acceptors (Lipinski definition) is 5. The maximum absolute atomic E-state index is 12.2. The monoisotopic (exact) mass is 267 g/mol. The van der Waals surface area contributed by atoms with E-state index in [1.807, 2.05) is 0 Å². The minimum atomic E-state index is -4.03. The standard InChI is InChI=1S/C10H9N3O4S/c1-8-6-7-12(11-8)18(16,17)10-5-3-2-4-9(10)13(14)15/h2-7H,1H3. The van der Waals surface area contributed by atoms with Gasteiger partial charge in [-0.25, -0.2) is 0 Å². The van der Waals surface area contributed by atoms with Gasteiger partial charge >= 0.3 is 0 Å². The molecule has 0 amide bonds. The van der Waals surface area contributed by atoms with Crippen molar-refractivity contribution in [3.05, 3.63) is 52.3 Å². The van der Waals surface area contributed by atoms with Crippen LogP contribution in [-0.2, 0) is 10.0 Å². The summed E-state index contributed by atoms with van der Waals surface area (Å²) in [5.74, 6) is 0. The van der Waals surface area contributed by atoms with Crippen LogP contribution in [0.1, 0.15) is 5.69 Å². The fourth-order valence-corrected chi connectivity index (χ4v) is 2.77. The summed E-state index contributed by atoms with van der Waals surface area (Å²) in [5, 5.41) is 14.6. The van der Waals surface area contributed by atoms with Crippen molar-refractivity contribution in [2.45, 2.75) is 11.8 Å². The maximum Gasteiger partial charge on any atom is 0.289 e. The molecule has 0 N–H and O–H groups in total. The van der Waals surface area contributed by atoms with E-state index in [0.717, 1.165) is 10.2 Å². The Morgan fingerprint density at radius 3 is 2.50 bits per heavy atom. The fourth-order valence-electron chi connectivity index (χ4n) is 1.45. The van der Waals surface area contributed by atoms with Gasteiger partial charge in [-0.3, -0.25) is 10.1 Å². The van der Waals surface area contributed by atoms with Gasteiger partial charge in [0, 0.05) is 12.3 Å². The molecule has 94 valence electrons. The highest BCUT2D eigenvalue weighted by Crippen LogP contribution is 2.24. The highest BCUT2D eigenvalue weighted by Gasteiger charge is 2.27. The molecule has 0 fully saturated rings.